The van der Waals surface area contributed by atoms with Crippen LogP contribution in [-0.4, -0.2) is 30.9 Å². The summed E-state index contributed by atoms with van der Waals surface area (Å²) in [5.74, 6) is 1.43. The van der Waals surface area contributed by atoms with Crippen molar-refractivity contribution in [3.05, 3.63) is 107 Å². The zero-order valence-electron chi connectivity index (χ0n) is 24.3. The number of allylic oxidation sites excluding steroid dienone is 2. The van der Waals surface area contributed by atoms with E-state index in [4.69, 9.17) is 16.3 Å². The molecule has 0 radical (unpaired) electrons. The zero-order chi connectivity index (χ0) is 27.7. The van der Waals surface area contributed by atoms with E-state index in [1.165, 1.54) is 0 Å². The number of nitrogens with zero attached hydrogens (tertiary/aromatic N) is 1. The standard InChI is InChI=1S/C30H31NO3/c1-33-28-18-25-17-26(16-22-12-14-31(15-13-22)20-23-8-4-2-5-9-23)30(32)27(25)19-29(28)34-21-24-10-6-3-7-11-24/h2-11,16,18-19,22H,12-15,17,20-21H2,1H3/b26-16-/i2D,4D,5D,8D,9D. The summed E-state index contributed by atoms with van der Waals surface area (Å²) in [6.07, 6.45) is 4.33. The highest BCUT2D eigenvalue weighted by Crippen LogP contribution is 2.38. The van der Waals surface area contributed by atoms with Crippen molar-refractivity contribution in [2.75, 3.05) is 20.2 Å². The van der Waals surface area contributed by atoms with Gasteiger partial charge in [-0.15, -0.1) is 0 Å². The monoisotopic (exact) mass is 458 g/mol. The number of methoxy groups -OCH3 is 1. The molecule has 174 valence electrons. The number of fused-ring (bicyclic) bond motifs is 1. The maximum atomic E-state index is 13.3. The largest absolute Gasteiger partial charge is 0.493 e. The van der Waals surface area contributed by atoms with E-state index in [0.717, 1.165) is 42.6 Å². The lowest BCUT2D eigenvalue weighted by Crippen LogP contribution is -2.32. The number of piperidine rings is 1. The van der Waals surface area contributed by atoms with Gasteiger partial charge in [0.05, 0.1) is 14.0 Å². The summed E-state index contributed by atoms with van der Waals surface area (Å²) in [5.41, 5.74) is 3.75. The van der Waals surface area contributed by atoms with Gasteiger partial charge in [0, 0.05) is 24.1 Å². The first-order valence-electron chi connectivity index (χ1n) is 14.2. The molecule has 0 N–H and O–H groups in total. The fourth-order valence-electron chi connectivity index (χ4n) is 4.70. The van der Waals surface area contributed by atoms with Crippen molar-refractivity contribution >= 4 is 5.78 Å². The lowest BCUT2D eigenvalue weighted by Gasteiger charge is -2.30. The van der Waals surface area contributed by atoms with Gasteiger partial charge in [0.2, 0.25) is 0 Å². The molecule has 5 rings (SSSR count). The van der Waals surface area contributed by atoms with E-state index in [1.807, 2.05) is 36.4 Å². The average molecular weight is 459 g/mol. The zero-order valence-corrected chi connectivity index (χ0v) is 19.3. The summed E-state index contributed by atoms with van der Waals surface area (Å²) in [6.45, 7) is 2.15. The molecule has 2 aliphatic rings. The predicted molar refractivity (Wildman–Crippen MR) is 134 cm³/mol. The molecule has 0 unspecified atom stereocenters. The minimum Gasteiger partial charge on any atom is -0.493 e. The normalized spacial score (nSPS) is 19.7. The van der Waals surface area contributed by atoms with Gasteiger partial charge in [-0.3, -0.25) is 9.69 Å². The van der Waals surface area contributed by atoms with Crippen molar-refractivity contribution < 1.29 is 21.1 Å². The predicted octanol–water partition coefficient (Wildman–Crippen LogP) is 5.85. The third kappa shape index (κ3) is 5.07. The molecule has 34 heavy (non-hydrogen) atoms. The summed E-state index contributed by atoms with van der Waals surface area (Å²) in [6, 6.07) is 12.3. The van der Waals surface area contributed by atoms with E-state index in [9.17, 15) is 4.79 Å². The SMILES string of the molecule is [2H]c1c([2H])c([2H])c(CN2CCC(/C=C3/Cc4cc(OC)c(OCc5ccccc5)cc4C3=O)CC2)c([2H])c1[2H]. The molecule has 1 aliphatic carbocycles. The van der Waals surface area contributed by atoms with Gasteiger partial charge in [0.15, 0.2) is 17.3 Å². The summed E-state index contributed by atoms with van der Waals surface area (Å²) in [5, 5.41) is 0. The van der Waals surface area contributed by atoms with Crippen LogP contribution in [0.5, 0.6) is 11.5 Å². The highest BCUT2D eigenvalue weighted by atomic mass is 16.5. The number of carbonyl (C=O) groups excluding carboxylic acids is 1. The molecule has 1 aliphatic heterocycles. The van der Waals surface area contributed by atoms with Crippen molar-refractivity contribution in [3.8, 4) is 11.5 Å². The molecule has 0 saturated carbocycles. The van der Waals surface area contributed by atoms with E-state index in [-0.39, 0.29) is 41.9 Å². The highest BCUT2D eigenvalue weighted by Gasteiger charge is 2.29. The quantitative estimate of drug-likeness (QED) is 0.416. The van der Waals surface area contributed by atoms with Crippen LogP contribution in [0.2, 0.25) is 0 Å². The van der Waals surface area contributed by atoms with Gasteiger partial charge in [-0.05, 0) is 60.7 Å². The second-order valence-corrected chi connectivity index (χ2v) is 8.85. The first-order valence-corrected chi connectivity index (χ1v) is 11.7. The third-order valence-corrected chi connectivity index (χ3v) is 6.55. The van der Waals surface area contributed by atoms with Gasteiger partial charge < -0.3 is 9.47 Å². The van der Waals surface area contributed by atoms with E-state index in [1.54, 1.807) is 13.2 Å². The fraction of sp³-hybridized carbons (Fsp3) is 0.300. The van der Waals surface area contributed by atoms with Crippen LogP contribution in [0, 0.1) is 5.92 Å². The Morgan fingerprint density at radius 3 is 2.53 bits per heavy atom. The van der Waals surface area contributed by atoms with E-state index >= 15 is 0 Å². The lowest BCUT2D eigenvalue weighted by atomic mass is 9.93. The number of likely N-dealkylation sites (tertiary alicyclic amines) is 1. The summed E-state index contributed by atoms with van der Waals surface area (Å²) in [7, 11) is 1.60. The molecule has 1 saturated heterocycles. The molecule has 4 heteroatoms. The number of Topliss-reactive ketones (excluding diaryl/α,β-unsaturated/α-hetero) is 1. The van der Waals surface area contributed by atoms with Gasteiger partial charge in [-0.25, -0.2) is 0 Å². The second-order valence-electron chi connectivity index (χ2n) is 8.85. The van der Waals surface area contributed by atoms with E-state index in [0.29, 0.717) is 42.2 Å². The van der Waals surface area contributed by atoms with E-state index in [2.05, 4.69) is 11.0 Å². The first kappa shape index (κ1) is 17.1. The number of hydrogen-bond donors (Lipinski definition) is 0. The summed E-state index contributed by atoms with van der Waals surface area (Å²) >= 11 is 0. The Morgan fingerprint density at radius 1 is 1.03 bits per heavy atom. The molecular weight excluding hydrogens is 422 g/mol. The fourth-order valence-corrected chi connectivity index (χ4v) is 4.70. The van der Waals surface area contributed by atoms with Crippen LogP contribution in [-0.2, 0) is 19.6 Å². The van der Waals surface area contributed by atoms with E-state index < -0.39 is 0 Å². The van der Waals surface area contributed by atoms with Crippen molar-refractivity contribution in [2.24, 2.45) is 5.92 Å². The molecular formula is C30H31NO3. The number of ether oxygens (including phenoxy) is 2. The van der Waals surface area contributed by atoms with Crippen LogP contribution in [0.1, 0.15) is 46.7 Å². The number of hydrogen-bond acceptors (Lipinski definition) is 4. The highest BCUT2D eigenvalue weighted by molar-refractivity contribution is 6.13. The summed E-state index contributed by atoms with van der Waals surface area (Å²) < 4.78 is 51.5. The Morgan fingerprint density at radius 2 is 1.79 bits per heavy atom. The Labute approximate surface area is 208 Å². The molecule has 0 spiro atoms. The topological polar surface area (TPSA) is 38.8 Å². The molecule has 0 amide bonds. The van der Waals surface area contributed by atoms with Crippen LogP contribution < -0.4 is 9.47 Å². The molecule has 3 aromatic carbocycles. The number of benzene rings is 3. The molecule has 1 heterocycles. The molecule has 0 bridgehead atoms. The Kier molecular flexibility index (Phi) is 5.17. The van der Waals surface area contributed by atoms with Crippen LogP contribution >= 0.6 is 0 Å². The maximum absolute atomic E-state index is 13.3. The van der Waals surface area contributed by atoms with Crippen LogP contribution in [0.15, 0.2) is 84.3 Å². The molecule has 4 nitrogen and oxygen atoms in total. The van der Waals surface area contributed by atoms with Crippen molar-refractivity contribution in [1.29, 1.82) is 0 Å². The molecule has 0 atom stereocenters. The first-order chi connectivity index (χ1) is 18.8. The van der Waals surface area contributed by atoms with Gasteiger partial charge in [0.1, 0.15) is 6.61 Å². The van der Waals surface area contributed by atoms with Crippen LogP contribution in [0.3, 0.4) is 0 Å². The minimum absolute atomic E-state index is 0.0266. The third-order valence-electron chi connectivity index (χ3n) is 6.55. The van der Waals surface area contributed by atoms with Gasteiger partial charge >= 0.3 is 0 Å². The van der Waals surface area contributed by atoms with Crippen molar-refractivity contribution in [3.63, 3.8) is 0 Å². The molecule has 1 fully saturated rings. The Bertz CT molecular complexity index is 1400. The lowest BCUT2D eigenvalue weighted by molar-refractivity contribution is 0.103. The Hall–Kier alpha value is -3.37. The maximum Gasteiger partial charge on any atom is 0.189 e. The molecule has 3 aromatic rings. The van der Waals surface area contributed by atoms with Crippen molar-refractivity contribution in [1.82, 2.24) is 4.90 Å². The van der Waals surface area contributed by atoms with Crippen LogP contribution in [0.25, 0.3) is 0 Å². The van der Waals surface area contributed by atoms with Gasteiger partial charge in [-0.1, -0.05) is 66.6 Å². The molecule has 0 aromatic heterocycles. The second kappa shape index (κ2) is 10.3. The minimum atomic E-state index is -0.367. The van der Waals surface area contributed by atoms with Crippen molar-refractivity contribution in [2.45, 2.75) is 32.4 Å². The Balaban J connectivity index is 1.24. The van der Waals surface area contributed by atoms with Crippen LogP contribution in [0.4, 0.5) is 0 Å². The number of carbonyl (C=O) groups is 1. The average Bonchev–Trinajstić information content (AvgIpc) is 3.26. The number of ketones is 1. The van der Waals surface area contributed by atoms with Gasteiger partial charge in [-0.2, -0.15) is 0 Å². The summed E-state index contributed by atoms with van der Waals surface area (Å²) in [4.78, 5) is 15.4. The number of rotatable bonds is 7. The smallest absolute Gasteiger partial charge is 0.189 e. The van der Waals surface area contributed by atoms with Gasteiger partial charge in [0.25, 0.3) is 0 Å².